The third-order valence-corrected chi connectivity index (χ3v) is 11.6. The van der Waals surface area contributed by atoms with E-state index in [0.29, 0.717) is 18.9 Å². The van der Waals surface area contributed by atoms with Crippen molar-refractivity contribution in [3.63, 3.8) is 0 Å². The smallest absolute Gasteiger partial charge is 0.312 e. The summed E-state index contributed by atoms with van der Waals surface area (Å²) in [5.74, 6) is -2.19. The van der Waals surface area contributed by atoms with Gasteiger partial charge in [-0.05, 0) is 102 Å². The lowest BCUT2D eigenvalue weighted by Crippen LogP contribution is -2.58. The van der Waals surface area contributed by atoms with Crippen LogP contribution in [-0.4, -0.2) is 65.1 Å². The highest BCUT2D eigenvalue weighted by Gasteiger charge is 2.65. The predicted octanol–water partition coefficient (Wildman–Crippen LogP) is 7.43. The second kappa shape index (κ2) is 13.9. The molecule has 0 unspecified atom stereocenters. The van der Waals surface area contributed by atoms with Gasteiger partial charge in [-0.25, -0.2) is 0 Å². The lowest BCUT2D eigenvalue weighted by molar-refractivity contribution is -0.180. The maximum absolute atomic E-state index is 14.5. The molecule has 0 amide bonds. The van der Waals surface area contributed by atoms with Gasteiger partial charge in [0.25, 0.3) is 0 Å². The summed E-state index contributed by atoms with van der Waals surface area (Å²) in [6, 6.07) is 10.3. The van der Waals surface area contributed by atoms with E-state index in [1.54, 1.807) is 0 Å². The molecule has 0 aliphatic heterocycles. The van der Waals surface area contributed by atoms with E-state index >= 15 is 0 Å². The highest BCUT2D eigenvalue weighted by molar-refractivity contribution is 5.78. The summed E-state index contributed by atoms with van der Waals surface area (Å²) in [4.78, 5) is 31.1. The molecule has 7 nitrogen and oxygen atoms in total. The van der Waals surface area contributed by atoms with Crippen LogP contribution in [0.2, 0.25) is 0 Å². The quantitative estimate of drug-likeness (QED) is 0.252. The Morgan fingerprint density at radius 2 is 1.61 bits per heavy atom. The molecular formula is C39H63NO6. The number of methoxy groups -OCH3 is 1. The van der Waals surface area contributed by atoms with E-state index in [1.165, 1.54) is 12.0 Å². The average Bonchev–Trinajstić information content (AvgIpc) is 3.31. The Morgan fingerprint density at radius 3 is 2.15 bits per heavy atom. The van der Waals surface area contributed by atoms with Gasteiger partial charge in [0, 0.05) is 31.7 Å². The molecule has 0 radical (unpaired) electrons. The zero-order chi connectivity index (χ0) is 34.2. The Morgan fingerprint density at radius 1 is 0.978 bits per heavy atom. The molecule has 0 saturated heterocycles. The van der Waals surface area contributed by atoms with Crippen LogP contribution in [0.5, 0.6) is 0 Å². The minimum Gasteiger partial charge on any atom is -0.460 e. The molecule has 3 aliphatic rings. The first-order chi connectivity index (χ1) is 21.3. The fourth-order valence-corrected chi connectivity index (χ4v) is 9.24. The van der Waals surface area contributed by atoms with Gasteiger partial charge in [-0.2, -0.15) is 0 Å². The number of aliphatic hydroxyl groups excluding tert-OH is 1. The molecule has 7 heteroatoms. The van der Waals surface area contributed by atoms with Crippen LogP contribution in [0.15, 0.2) is 30.3 Å². The molecule has 3 saturated carbocycles. The first kappa shape index (κ1) is 36.9. The van der Waals surface area contributed by atoms with Crippen molar-refractivity contribution in [2.24, 2.45) is 40.4 Å². The van der Waals surface area contributed by atoms with Gasteiger partial charge >= 0.3 is 11.9 Å². The molecule has 260 valence electrons. The van der Waals surface area contributed by atoms with Gasteiger partial charge in [-0.15, -0.1) is 0 Å². The van der Waals surface area contributed by atoms with Crippen LogP contribution in [0.1, 0.15) is 113 Å². The van der Waals surface area contributed by atoms with Gasteiger partial charge in [0.15, 0.2) is 0 Å². The van der Waals surface area contributed by atoms with Gasteiger partial charge in [0.2, 0.25) is 0 Å². The predicted molar refractivity (Wildman–Crippen MR) is 182 cm³/mol. The van der Waals surface area contributed by atoms with Gasteiger partial charge in [-0.1, -0.05) is 64.4 Å². The van der Waals surface area contributed by atoms with E-state index in [4.69, 9.17) is 14.2 Å². The summed E-state index contributed by atoms with van der Waals surface area (Å²) in [6.45, 7) is 21.4. The Kier molecular flexibility index (Phi) is 11.1. The fourth-order valence-electron chi connectivity index (χ4n) is 9.24. The number of esters is 2. The van der Waals surface area contributed by atoms with Crippen molar-refractivity contribution in [2.45, 2.75) is 144 Å². The molecule has 4 rings (SSSR count). The first-order valence-corrected chi connectivity index (χ1v) is 17.8. The van der Waals surface area contributed by atoms with Gasteiger partial charge < -0.3 is 19.3 Å². The second-order valence-corrected chi connectivity index (χ2v) is 17.5. The van der Waals surface area contributed by atoms with Crippen LogP contribution in [0.3, 0.4) is 0 Å². The number of fused-ring (bicyclic) bond motifs is 2. The van der Waals surface area contributed by atoms with E-state index < -0.39 is 41.0 Å². The topological polar surface area (TPSA) is 85.3 Å². The number of ether oxygens (including phenoxy) is 3. The van der Waals surface area contributed by atoms with Crippen molar-refractivity contribution in [2.75, 3.05) is 13.7 Å². The summed E-state index contributed by atoms with van der Waals surface area (Å²) < 4.78 is 18.4. The van der Waals surface area contributed by atoms with Crippen LogP contribution in [0, 0.1) is 40.4 Å². The molecule has 1 aromatic rings. The molecule has 0 heterocycles. The van der Waals surface area contributed by atoms with Gasteiger partial charge in [0.1, 0.15) is 11.2 Å². The lowest BCUT2D eigenvalue weighted by atomic mass is 9.65. The third kappa shape index (κ3) is 7.68. The van der Waals surface area contributed by atoms with Crippen molar-refractivity contribution >= 4 is 11.9 Å². The Bertz CT molecular complexity index is 1180. The van der Waals surface area contributed by atoms with E-state index in [-0.39, 0.29) is 34.9 Å². The Labute approximate surface area is 279 Å². The maximum Gasteiger partial charge on any atom is 0.312 e. The molecule has 2 bridgehead atoms. The molecule has 46 heavy (non-hydrogen) atoms. The molecule has 1 aromatic carbocycles. The van der Waals surface area contributed by atoms with Crippen LogP contribution in [0.4, 0.5) is 0 Å². The maximum atomic E-state index is 14.5. The van der Waals surface area contributed by atoms with Gasteiger partial charge in [-0.3, -0.25) is 14.5 Å². The molecule has 3 aliphatic carbocycles. The van der Waals surface area contributed by atoms with Crippen LogP contribution < -0.4 is 0 Å². The number of rotatable bonds is 11. The molecule has 1 N–H and O–H groups in total. The van der Waals surface area contributed by atoms with Gasteiger partial charge in [0.05, 0.1) is 24.0 Å². The average molecular weight is 642 g/mol. The summed E-state index contributed by atoms with van der Waals surface area (Å²) in [5, 5.41) is 11.7. The number of benzene rings is 1. The zero-order valence-corrected chi connectivity index (χ0v) is 30.6. The normalized spacial score (nSPS) is 30.8. The molecular weight excluding hydrogens is 578 g/mol. The SMILES string of the molecule is CO[C@@H]1C[C@H]2CC[C@]1(CN(Cc1ccccc1)[C@@H]1CCC[C@H]([C@H](C(=O)OC(C)(C)C)[C@H](O)C(C)C)[C@H]1C(=O)OC(C)(C)C)C2(C)C. The number of carbonyl (C=O) groups is 2. The summed E-state index contributed by atoms with van der Waals surface area (Å²) in [5.41, 5.74) is -0.200. The molecule has 3 fully saturated rings. The van der Waals surface area contributed by atoms with Crippen molar-refractivity contribution in [1.29, 1.82) is 0 Å². The monoisotopic (exact) mass is 641 g/mol. The van der Waals surface area contributed by atoms with Crippen molar-refractivity contribution < 1.29 is 28.9 Å². The van der Waals surface area contributed by atoms with E-state index in [0.717, 1.165) is 32.2 Å². The first-order valence-electron chi connectivity index (χ1n) is 17.8. The van der Waals surface area contributed by atoms with Crippen LogP contribution in [0.25, 0.3) is 0 Å². The number of nitrogens with zero attached hydrogens (tertiary/aromatic N) is 1. The fraction of sp³-hybridized carbons (Fsp3) is 0.795. The Balaban J connectivity index is 1.84. The largest absolute Gasteiger partial charge is 0.460 e. The molecule has 0 aromatic heterocycles. The third-order valence-electron chi connectivity index (χ3n) is 11.6. The number of hydrogen-bond donors (Lipinski definition) is 1. The minimum atomic E-state index is -0.952. The number of hydrogen-bond acceptors (Lipinski definition) is 7. The summed E-state index contributed by atoms with van der Waals surface area (Å²) in [6.07, 6.45) is 4.84. The highest BCUT2D eigenvalue weighted by atomic mass is 16.6. The van der Waals surface area contributed by atoms with Crippen molar-refractivity contribution in [1.82, 2.24) is 4.90 Å². The van der Waals surface area contributed by atoms with E-state index in [2.05, 4.69) is 43.0 Å². The summed E-state index contributed by atoms with van der Waals surface area (Å²) in [7, 11) is 1.85. The van der Waals surface area contributed by atoms with Crippen molar-refractivity contribution in [3.05, 3.63) is 35.9 Å². The van der Waals surface area contributed by atoms with E-state index in [1.807, 2.05) is 68.6 Å². The number of carbonyl (C=O) groups excluding carboxylic acids is 2. The zero-order valence-electron chi connectivity index (χ0n) is 30.6. The van der Waals surface area contributed by atoms with Crippen molar-refractivity contribution in [3.8, 4) is 0 Å². The van der Waals surface area contributed by atoms with E-state index in [9.17, 15) is 14.7 Å². The lowest BCUT2D eigenvalue weighted by Gasteiger charge is -2.51. The minimum absolute atomic E-state index is 0.0609. The standard InChI is InChI=1S/C39H63NO6/c1-25(2)33(41)32(35(43)46-37(6,7)8)28-18-15-19-29(31(28)34(42)45-36(3,4)5)40(23-26-16-13-12-14-17-26)24-39-21-20-27(38(39,9)10)22-30(39)44-11/h12-14,16-17,25,27-33,41H,15,18-24H2,1-11H3/t27-,28+,29-,30-,31-,32+,33-,39-/m1/s1. The Hall–Kier alpha value is -1.96. The summed E-state index contributed by atoms with van der Waals surface area (Å²) >= 11 is 0. The van der Waals surface area contributed by atoms with Crippen LogP contribution in [-0.2, 0) is 30.3 Å². The molecule has 0 spiro atoms. The number of aliphatic hydroxyl groups is 1. The second-order valence-electron chi connectivity index (χ2n) is 17.5. The molecule has 8 atom stereocenters. The highest BCUT2D eigenvalue weighted by Crippen LogP contribution is 2.67. The van der Waals surface area contributed by atoms with Crippen LogP contribution >= 0.6 is 0 Å².